The molecule has 7 heteroatoms. The highest BCUT2D eigenvalue weighted by atomic mass is 32.2. The number of hydrogen-bond acceptors (Lipinski definition) is 5. The molecular weight excluding hydrogens is 348 g/mol. The third-order valence-corrected chi connectivity index (χ3v) is 5.08. The molecule has 0 bridgehead atoms. The van der Waals surface area contributed by atoms with E-state index in [4.69, 9.17) is 4.52 Å². The van der Waals surface area contributed by atoms with Gasteiger partial charge in [-0.2, -0.15) is 0 Å². The summed E-state index contributed by atoms with van der Waals surface area (Å²) in [6, 6.07) is 17.2. The lowest BCUT2D eigenvalue weighted by molar-refractivity contribution is -0.115. The second-order valence-electron chi connectivity index (χ2n) is 5.76. The van der Waals surface area contributed by atoms with E-state index in [1.165, 1.54) is 11.8 Å². The molecule has 1 aromatic carbocycles. The molecule has 130 valence electrons. The first-order valence-corrected chi connectivity index (χ1v) is 8.96. The van der Waals surface area contributed by atoms with E-state index in [-0.39, 0.29) is 5.91 Å². The normalized spacial score (nSPS) is 12.2. The Labute approximate surface area is 154 Å². The summed E-state index contributed by atoms with van der Waals surface area (Å²) in [5, 5.41) is 6.94. The SMILES string of the molecule is Cc1cc(NC(=O)C(Sc2ncc3ccccn23)c2ccccc2)no1. The Morgan fingerprint density at radius 2 is 2.00 bits per heavy atom. The maximum absolute atomic E-state index is 12.9. The lowest BCUT2D eigenvalue weighted by Crippen LogP contribution is -2.19. The summed E-state index contributed by atoms with van der Waals surface area (Å²) >= 11 is 1.39. The minimum absolute atomic E-state index is 0.179. The first kappa shape index (κ1) is 16.4. The van der Waals surface area contributed by atoms with E-state index in [1.807, 2.05) is 59.1 Å². The third kappa shape index (κ3) is 3.34. The van der Waals surface area contributed by atoms with Gasteiger partial charge in [-0.05, 0) is 24.6 Å². The molecule has 6 nitrogen and oxygen atoms in total. The Morgan fingerprint density at radius 1 is 1.19 bits per heavy atom. The summed E-state index contributed by atoms with van der Waals surface area (Å²) in [7, 11) is 0. The van der Waals surface area contributed by atoms with Crippen LogP contribution in [0.15, 0.2) is 76.7 Å². The molecule has 0 fully saturated rings. The molecule has 0 aliphatic heterocycles. The number of amides is 1. The van der Waals surface area contributed by atoms with Crippen LogP contribution in [0.2, 0.25) is 0 Å². The number of thioether (sulfide) groups is 1. The highest BCUT2D eigenvalue weighted by Gasteiger charge is 2.25. The molecule has 1 amide bonds. The van der Waals surface area contributed by atoms with Crippen molar-refractivity contribution in [3.05, 3.63) is 78.3 Å². The Balaban J connectivity index is 1.65. The lowest BCUT2D eigenvalue weighted by Gasteiger charge is -2.15. The number of hydrogen-bond donors (Lipinski definition) is 1. The third-order valence-electron chi connectivity index (χ3n) is 3.85. The van der Waals surface area contributed by atoms with E-state index >= 15 is 0 Å². The molecule has 3 heterocycles. The van der Waals surface area contributed by atoms with E-state index in [9.17, 15) is 4.79 Å². The number of aromatic nitrogens is 3. The number of pyridine rings is 1. The molecule has 0 radical (unpaired) electrons. The quantitative estimate of drug-likeness (QED) is 0.540. The van der Waals surface area contributed by atoms with Crippen molar-refractivity contribution in [3.63, 3.8) is 0 Å². The molecule has 0 aliphatic rings. The molecule has 0 aliphatic carbocycles. The number of rotatable bonds is 5. The Bertz CT molecular complexity index is 1040. The molecular formula is C19H16N4O2S. The topological polar surface area (TPSA) is 72.4 Å². The van der Waals surface area contributed by atoms with Gasteiger partial charge in [0.2, 0.25) is 5.91 Å². The number of benzene rings is 1. The van der Waals surface area contributed by atoms with Crippen molar-refractivity contribution < 1.29 is 9.32 Å². The van der Waals surface area contributed by atoms with Gasteiger partial charge in [-0.15, -0.1) is 0 Å². The number of anilines is 1. The van der Waals surface area contributed by atoms with Crippen molar-refractivity contribution in [2.75, 3.05) is 5.32 Å². The fourth-order valence-corrected chi connectivity index (χ4v) is 3.69. The average Bonchev–Trinajstić information content (AvgIpc) is 3.26. The standard InChI is InChI=1S/C19H16N4O2S/c1-13-11-16(22-25-13)21-18(24)17(14-7-3-2-4-8-14)26-19-20-12-15-9-5-6-10-23(15)19/h2-12,17H,1H3,(H,21,22,24). The van der Waals surface area contributed by atoms with Crippen LogP contribution in [-0.2, 0) is 4.79 Å². The smallest absolute Gasteiger partial charge is 0.243 e. The molecule has 0 spiro atoms. The summed E-state index contributed by atoms with van der Waals surface area (Å²) in [6.45, 7) is 1.78. The van der Waals surface area contributed by atoms with Gasteiger partial charge in [-0.1, -0.05) is 53.3 Å². The van der Waals surface area contributed by atoms with Crippen LogP contribution in [0.3, 0.4) is 0 Å². The summed E-state index contributed by atoms with van der Waals surface area (Å²) in [5.41, 5.74) is 1.87. The molecule has 4 aromatic rings. The predicted octanol–water partition coefficient (Wildman–Crippen LogP) is 4.10. The van der Waals surface area contributed by atoms with Crippen molar-refractivity contribution in [1.29, 1.82) is 0 Å². The van der Waals surface area contributed by atoms with Crippen LogP contribution in [0.25, 0.3) is 5.52 Å². The van der Waals surface area contributed by atoms with Crippen LogP contribution in [0.5, 0.6) is 0 Å². The first-order valence-electron chi connectivity index (χ1n) is 8.08. The van der Waals surface area contributed by atoms with Crippen molar-refractivity contribution in [3.8, 4) is 0 Å². The van der Waals surface area contributed by atoms with E-state index in [0.29, 0.717) is 11.6 Å². The van der Waals surface area contributed by atoms with Gasteiger partial charge in [-0.3, -0.25) is 9.20 Å². The zero-order valence-electron chi connectivity index (χ0n) is 14.0. The maximum Gasteiger partial charge on any atom is 0.243 e. The second kappa shape index (κ2) is 7.05. The zero-order chi connectivity index (χ0) is 17.9. The molecule has 1 N–H and O–H groups in total. The predicted molar refractivity (Wildman–Crippen MR) is 100 cm³/mol. The molecule has 1 atom stereocenters. The lowest BCUT2D eigenvalue weighted by atomic mass is 10.1. The van der Waals surface area contributed by atoms with Crippen molar-refractivity contribution in [2.24, 2.45) is 0 Å². The molecule has 1 unspecified atom stereocenters. The highest BCUT2D eigenvalue weighted by Crippen LogP contribution is 2.35. The van der Waals surface area contributed by atoms with E-state index < -0.39 is 5.25 Å². The monoisotopic (exact) mass is 364 g/mol. The van der Waals surface area contributed by atoms with Gasteiger partial charge in [-0.25, -0.2) is 4.98 Å². The number of nitrogens with zero attached hydrogens (tertiary/aromatic N) is 3. The summed E-state index contributed by atoms with van der Waals surface area (Å²) in [6.07, 6.45) is 3.73. The number of carbonyl (C=O) groups is 1. The summed E-state index contributed by atoms with van der Waals surface area (Å²) < 4.78 is 6.99. The van der Waals surface area contributed by atoms with E-state index in [2.05, 4.69) is 15.5 Å². The average molecular weight is 364 g/mol. The number of nitrogens with one attached hydrogen (secondary N) is 1. The summed E-state index contributed by atoms with van der Waals surface area (Å²) in [5.74, 6) is 0.868. The fourth-order valence-electron chi connectivity index (χ4n) is 2.63. The molecule has 26 heavy (non-hydrogen) atoms. The van der Waals surface area contributed by atoms with Gasteiger partial charge in [0.05, 0.1) is 11.7 Å². The second-order valence-corrected chi connectivity index (χ2v) is 6.83. The highest BCUT2D eigenvalue weighted by molar-refractivity contribution is 8.00. The Kier molecular flexibility index (Phi) is 4.45. The number of carbonyl (C=O) groups excluding carboxylic acids is 1. The molecule has 0 saturated heterocycles. The van der Waals surface area contributed by atoms with Gasteiger partial charge in [0.15, 0.2) is 11.0 Å². The number of fused-ring (bicyclic) bond motifs is 1. The first-order chi connectivity index (χ1) is 12.7. The van der Waals surface area contributed by atoms with E-state index in [0.717, 1.165) is 16.2 Å². The minimum Gasteiger partial charge on any atom is -0.360 e. The van der Waals surface area contributed by atoms with Crippen molar-refractivity contribution in [2.45, 2.75) is 17.3 Å². The zero-order valence-corrected chi connectivity index (χ0v) is 14.8. The van der Waals surface area contributed by atoms with Crippen LogP contribution in [0.4, 0.5) is 5.82 Å². The number of aryl methyl sites for hydroxylation is 1. The Morgan fingerprint density at radius 3 is 2.77 bits per heavy atom. The summed E-state index contributed by atoms with van der Waals surface area (Å²) in [4.78, 5) is 17.4. The van der Waals surface area contributed by atoms with Crippen LogP contribution >= 0.6 is 11.8 Å². The minimum atomic E-state index is -0.473. The van der Waals surface area contributed by atoms with Crippen LogP contribution in [0, 0.1) is 6.92 Å². The Hall–Kier alpha value is -3.06. The van der Waals surface area contributed by atoms with Crippen molar-refractivity contribution in [1.82, 2.24) is 14.5 Å². The fraction of sp³-hybridized carbons (Fsp3) is 0.105. The molecule has 0 saturated carbocycles. The maximum atomic E-state index is 12.9. The molecule has 4 rings (SSSR count). The van der Waals surface area contributed by atoms with Gasteiger partial charge in [0, 0.05) is 12.3 Å². The van der Waals surface area contributed by atoms with Gasteiger partial charge in [0.1, 0.15) is 11.0 Å². The van der Waals surface area contributed by atoms with E-state index in [1.54, 1.807) is 19.2 Å². The van der Waals surface area contributed by atoms with Gasteiger partial charge in [0.25, 0.3) is 0 Å². The largest absolute Gasteiger partial charge is 0.360 e. The number of imidazole rings is 1. The van der Waals surface area contributed by atoms with Crippen LogP contribution < -0.4 is 5.32 Å². The van der Waals surface area contributed by atoms with Crippen LogP contribution in [-0.4, -0.2) is 20.4 Å². The van der Waals surface area contributed by atoms with Crippen molar-refractivity contribution >= 4 is 29.0 Å². The van der Waals surface area contributed by atoms with Crippen LogP contribution in [0.1, 0.15) is 16.6 Å². The van der Waals surface area contributed by atoms with Gasteiger partial charge < -0.3 is 9.84 Å². The van der Waals surface area contributed by atoms with Gasteiger partial charge >= 0.3 is 0 Å². The molecule has 3 aromatic heterocycles.